The van der Waals surface area contributed by atoms with Crippen LogP contribution in [0.25, 0.3) is 0 Å². The maximum Gasteiger partial charge on any atom is 0.211 e. The zero-order valence-corrected chi connectivity index (χ0v) is 16.0. The van der Waals surface area contributed by atoms with Crippen LogP contribution in [0.3, 0.4) is 0 Å². The molecule has 0 N–H and O–H groups in total. The summed E-state index contributed by atoms with van der Waals surface area (Å²) in [5.41, 5.74) is 2.24. The molecule has 138 valence electrons. The molecule has 5 nitrogen and oxygen atoms in total. The summed E-state index contributed by atoms with van der Waals surface area (Å²) in [6.07, 6.45) is 5.97. The first-order valence-electron chi connectivity index (χ1n) is 9.35. The van der Waals surface area contributed by atoms with Crippen molar-refractivity contribution in [3.63, 3.8) is 0 Å². The van der Waals surface area contributed by atoms with Gasteiger partial charge in [-0.3, -0.25) is 4.90 Å². The number of benzene rings is 1. The van der Waals surface area contributed by atoms with E-state index in [9.17, 15) is 8.42 Å². The summed E-state index contributed by atoms with van der Waals surface area (Å²) in [6, 6.07) is 6.78. The van der Waals surface area contributed by atoms with Crippen LogP contribution in [0.5, 0.6) is 5.75 Å². The first-order valence-corrected chi connectivity index (χ1v) is 11.2. The Bertz CT molecular complexity index is 741. The number of hydrogen-bond acceptors (Lipinski definition) is 4. The number of rotatable bonds is 6. The fraction of sp³-hybridized carbons (Fsp3) is 0.684. The van der Waals surface area contributed by atoms with Gasteiger partial charge in [-0.2, -0.15) is 4.31 Å². The summed E-state index contributed by atoms with van der Waals surface area (Å²) in [5, 5.41) is 0. The molecule has 1 aromatic rings. The topological polar surface area (TPSA) is 49.9 Å². The van der Waals surface area contributed by atoms with Gasteiger partial charge in [0.25, 0.3) is 0 Å². The van der Waals surface area contributed by atoms with Gasteiger partial charge in [0.2, 0.25) is 10.0 Å². The Morgan fingerprint density at radius 2 is 2.00 bits per heavy atom. The molecular weight excluding hydrogens is 336 g/mol. The SMILES string of the molecule is C[C@H]1COc2ccc(CN(C3CC3)S(C)(=O)=O)cc2CN1CC1CC1. The maximum absolute atomic E-state index is 12.1. The summed E-state index contributed by atoms with van der Waals surface area (Å²) < 4.78 is 31.8. The molecule has 25 heavy (non-hydrogen) atoms. The Hall–Kier alpha value is -1.11. The van der Waals surface area contributed by atoms with E-state index in [1.807, 2.05) is 12.1 Å². The molecule has 0 radical (unpaired) electrons. The van der Waals surface area contributed by atoms with E-state index in [0.29, 0.717) is 12.6 Å². The Morgan fingerprint density at radius 3 is 2.64 bits per heavy atom. The van der Waals surface area contributed by atoms with Gasteiger partial charge in [0, 0.05) is 37.3 Å². The average molecular weight is 365 g/mol. The lowest BCUT2D eigenvalue weighted by Gasteiger charge is -2.26. The quantitative estimate of drug-likeness (QED) is 0.779. The molecule has 1 aromatic carbocycles. The fourth-order valence-corrected chi connectivity index (χ4v) is 4.76. The molecule has 2 fully saturated rings. The van der Waals surface area contributed by atoms with E-state index in [1.165, 1.54) is 24.7 Å². The summed E-state index contributed by atoms with van der Waals surface area (Å²) in [7, 11) is -3.16. The molecule has 2 saturated carbocycles. The van der Waals surface area contributed by atoms with Gasteiger partial charge in [0.15, 0.2) is 0 Å². The van der Waals surface area contributed by atoms with Gasteiger partial charge < -0.3 is 4.74 Å². The molecular formula is C19H28N2O3S. The highest BCUT2D eigenvalue weighted by atomic mass is 32.2. The van der Waals surface area contributed by atoms with Gasteiger partial charge >= 0.3 is 0 Å². The molecule has 0 amide bonds. The zero-order valence-electron chi connectivity index (χ0n) is 15.1. The molecule has 1 atom stereocenters. The minimum atomic E-state index is -3.16. The van der Waals surface area contributed by atoms with Crippen LogP contribution in [0.2, 0.25) is 0 Å². The molecule has 0 unspecified atom stereocenters. The Labute approximate surface area is 151 Å². The van der Waals surface area contributed by atoms with Crippen molar-refractivity contribution in [1.82, 2.24) is 9.21 Å². The first-order chi connectivity index (χ1) is 11.9. The zero-order chi connectivity index (χ0) is 17.6. The number of ether oxygens (including phenoxy) is 1. The van der Waals surface area contributed by atoms with Crippen LogP contribution in [-0.4, -0.2) is 49.1 Å². The summed E-state index contributed by atoms with van der Waals surface area (Å²) >= 11 is 0. The average Bonchev–Trinajstić information content (AvgIpc) is 3.42. The summed E-state index contributed by atoms with van der Waals surface area (Å²) in [5.74, 6) is 1.80. The van der Waals surface area contributed by atoms with E-state index in [1.54, 1.807) is 4.31 Å². The van der Waals surface area contributed by atoms with Gasteiger partial charge in [0.05, 0.1) is 6.26 Å². The highest BCUT2D eigenvalue weighted by molar-refractivity contribution is 7.88. The normalized spacial score (nSPS) is 24.7. The van der Waals surface area contributed by atoms with Crippen molar-refractivity contribution >= 4 is 10.0 Å². The molecule has 0 spiro atoms. The largest absolute Gasteiger partial charge is 0.492 e. The minimum Gasteiger partial charge on any atom is -0.492 e. The van der Waals surface area contributed by atoms with Crippen LogP contribution in [-0.2, 0) is 23.1 Å². The van der Waals surface area contributed by atoms with Gasteiger partial charge in [-0.1, -0.05) is 6.07 Å². The number of fused-ring (bicyclic) bond motifs is 1. The lowest BCUT2D eigenvalue weighted by molar-refractivity contribution is 0.152. The van der Waals surface area contributed by atoms with E-state index < -0.39 is 10.0 Å². The van der Waals surface area contributed by atoms with E-state index >= 15 is 0 Å². The van der Waals surface area contributed by atoms with Crippen molar-refractivity contribution in [2.75, 3.05) is 19.4 Å². The molecule has 1 heterocycles. The predicted octanol–water partition coefficient (Wildman–Crippen LogP) is 2.60. The molecule has 3 aliphatic rings. The van der Waals surface area contributed by atoms with Crippen LogP contribution in [0.1, 0.15) is 43.7 Å². The second-order valence-corrected chi connectivity index (χ2v) is 9.95. The number of nitrogens with zero attached hydrogens (tertiary/aromatic N) is 2. The standard InChI is InChI=1S/C19H28N2O3S/c1-14-13-24-19-8-5-16(11-21(18-6-7-18)25(2,22)23)9-17(19)12-20(14)10-15-3-4-15/h5,8-9,14-15,18H,3-4,6-7,10-13H2,1-2H3/t14-/m0/s1. The third-order valence-corrected chi connectivity index (χ3v) is 6.79. The van der Waals surface area contributed by atoms with Crippen LogP contribution >= 0.6 is 0 Å². The second kappa shape index (κ2) is 6.56. The molecule has 4 rings (SSSR count). The highest BCUT2D eigenvalue weighted by Gasteiger charge is 2.35. The molecule has 2 aliphatic carbocycles. The number of hydrogen-bond donors (Lipinski definition) is 0. The Balaban J connectivity index is 1.54. The number of sulfonamides is 1. The molecule has 6 heteroatoms. The Kier molecular flexibility index (Phi) is 4.54. The van der Waals surface area contributed by atoms with Gasteiger partial charge in [-0.05, 0) is 56.2 Å². The van der Waals surface area contributed by atoms with Crippen LogP contribution in [0, 0.1) is 5.92 Å². The van der Waals surface area contributed by atoms with Crippen molar-refractivity contribution in [3.8, 4) is 5.75 Å². The third-order valence-electron chi connectivity index (χ3n) is 5.51. The van der Waals surface area contributed by atoms with Crippen molar-refractivity contribution < 1.29 is 13.2 Å². The minimum absolute atomic E-state index is 0.191. The molecule has 0 saturated heterocycles. The van der Waals surface area contributed by atoms with Crippen LogP contribution in [0.4, 0.5) is 0 Å². The van der Waals surface area contributed by atoms with E-state index in [0.717, 1.165) is 49.8 Å². The van der Waals surface area contributed by atoms with Gasteiger partial charge in [-0.15, -0.1) is 0 Å². The smallest absolute Gasteiger partial charge is 0.211 e. The first kappa shape index (κ1) is 17.3. The second-order valence-electron chi connectivity index (χ2n) is 8.01. The third kappa shape index (κ3) is 4.18. The molecule has 0 aromatic heterocycles. The fourth-order valence-electron chi connectivity index (χ4n) is 3.62. The van der Waals surface area contributed by atoms with E-state index in [-0.39, 0.29) is 6.04 Å². The van der Waals surface area contributed by atoms with Gasteiger partial charge in [0.1, 0.15) is 12.4 Å². The highest BCUT2D eigenvalue weighted by Crippen LogP contribution is 2.34. The monoisotopic (exact) mass is 364 g/mol. The lowest BCUT2D eigenvalue weighted by Crippen LogP contribution is -2.36. The molecule has 1 aliphatic heterocycles. The lowest BCUT2D eigenvalue weighted by atomic mass is 10.1. The maximum atomic E-state index is 12.1. The summed E-state index contributed by atoms with van der Waals surface area (Å²) in [6.45, 7) is 5.45. The Morgan fingerprint density at radius 1 is 1.24 bits per heavy atom. The van der Waals surface area contributed by atoms with E-state index in [4.69, 9.17) is 4.74 Å². The van der Waals surface area contributed by atoms with Gasteiger partial charge in [-0.25, -0.2) is 8.42 Å². The van der Waals surface area contributed by atoms with Crippen molar-refractivity contribution in [3.05, 3.63) is 29.3 Å². The van der Waals surface area contributed by atoms with Crippen molar-refractivity contribution in [2.24, 2.45) is 5.92 Å². The summed E-state index contributed by atoms with van der Waals surface area (Å²) in [4.78, 5) is 2.52. The predicted molar refractivity (Wildman–Crippen MR) is 97.9 cm³/mol. The van der Waals surface area contributed by atoms with Crippen molar-refractivity contribution in [1.29, 1.82) is 0 Å². The van der Waals surface area contributed by atoms with Crippen LogP contribution in [0.15, 0.2) is 18.2 Å². The molecule has 0 bridgehead atoms. The van der Waals surface area contributed by atoms with Crippen LogP contribution < -0.4 is 4.74 Å². The van der Waals surface area contributed by atoms with E-state index in [2.05, 4.69) is 17.9 Å². The van der Waals surface area contributed by atoms with Crippen molar-refractivity contribution in [2.45, 2.75) is 57.8 Å².